The predicted molar refractivity (Wildman–Crippen MR) is 64.5 cm³/mol. The first-order chi connectivity index (χ1) is 4.27. The fourth-order valence-electron chi connectivity index (χ4n) is 1.19. The molecular weight excluding hydrogens is 291 g/mol. The van der Waals surface area contributed by atoms with E-state index in [-0.39, 0.29) is 0 Å². The molecular formula is C6H16ClISi2. The van der Waals surface area contributed by atoms with Gasteiger partial charge in [-0.15, -0.1) is 0 Å². The van der Waals surface area contributed by atoms with E-state index >= 15 is 0 Å². The van der Waals surface area contributed by atoms with Crippen LogP contribution in [-0.4, -0.2) is 19.5 Å². The fourth-order valence-corrected chi connectivity index (χ4v) is 16.4. The van der Waals surface area contributed by atoms with Crippen LogP contribution in [0.25, 0.3) is 0 Å². The van der Waals surface area contributed by atoms with Gasteiger partial charge in [0.05, 0.1) is 8.07 Å². The van der Waals surface area contributed by atoms with Crippen LogP contribution in [0.2, 0.25) is 31.9 Å². The monoisotopic (exact) mass is 306 g/mol. The van der Waals surface area contributed by atoms with Crippen molar-refractivity contribution in [3.05, 3.63) is 0 Å². The molecule has 0 saturated carbocycles. The van der Waals surface area contributed by atoms with E-state index in [0.29, 0.717) is 0 Å². The molecule has 0 aromatic heterocycles. The first-order valence-corrected chi connectivity index (χ1v) is 12.7. The summed E-state index contributed by atoms with van der Waals surface area (Å²) < 4.78 is 1.34. The molecule has 0 aliphatic rings. The third kappa shape index (κ3) is 6.18. The molecule has 0 aliphatic carbocycles. The molecule has 0 nitrogen and oxygen atoms in total. The molecule has 0 amide bonds. The summed E-state index contributed by atoms with van der Waals surface area (Å²) in [6.07, 6.45) is 0. The minimum atomic E-state index is -1.28. The second-order valence-electron chi connectivity index (χ2n) is 4.19. The quantitative estimate of drug-likeness (QED) is 0.323. The van der Waals surface area contributed by atoms with Gasteiger partial charge in [-0.1, -0.05) is 48.8 Å². The second-order valence-corrected chi connectivity index (χ2v) is 19.0. The average molecular weight is 307 g/mol. The van der Waals surface area contributed by atoms with Crippen molar-refractivity contribution in [2.45, 2.75) is 31.9 Å². The van der Waals surface area contributed by atoms with Gasteiger partial charge in [-0.25, -0.2) is 0 Å². The van der Waals surface area contributed by atoms with Gasteiger partial charge >= 0.3 is 0 Å². The van der Waals surface area contributed by atoms with Gasteiger partial charge in [-0.3, -0.25) is 0 Å². The Balaban J connectivity index is 3.89. The smallest absolute Gasteiger partial charge is 0.147 e. The van der Waals surface area contributed by atoms with Gasteiger partial charge in [-0.05, 0) is 9.72 Å². The van der Waals surface area contributed by atoms with Crippen LogP contribution >= 0.6 is 33.7 Å². The number of hydrogen-bond acceptors (Lipinski definition) is 0. The van der Waals surface area contributed by atoms with E-state index in [1.165, 1.54) is 9.72 Å². The van der Waals surface area contributed by atoms with Gasteiger partial charge in [0.15, 0.2) is 0 Å². The van der Waals surface area contributed by atoms with Crippen molar-refractivity contribution in [1.29, 1.82) is 0 Å². The fraction of sp³-hybridized carbons (Fsp3) is 1.00. The largest absolute Gasteiger partial charge is 0.168 e. The van der Waals surface area contributed by atoms with Crippen molar-refractivity contribution in [1.82, 2.24) is 0 Å². The molecule has 0 rings (SSSR count). The van der Waals surface area contributed by atoms with Crippen LogP contribution in [0.5, 0.6) is 0 Å². The molecule has 0 saturated heterocycles. The first kappa shape index (κ1) is 11.5. The molecule has 0 atom stereocenters. The van der Waals surface area contributed by atoms with E-state index < -0.39 is 15.5 Å². The van der Waals surface area contributed by atoms with E-state index in [1.807, 2.05) is 0 Å². The lowest BCUT2D eigenvalue weighted by molar-refractivity contribution is 1.57. The number of hydrogen-bond donors (Lipinski definition) is 0. The number of halogens is 2. The minimum Gasteiger partial charge on any atom is -0.168 e. The summed E-state index contributed by atoms with van der Waals surface area (Å²) in [6, 6.07) is 0. The molecule has 4 heteroatoms. The maximum absolute atomic E-state index is 6.27. The van der Waals surface area contributed by atoms with Crippen molar-refractivity contribution < 1.29 is 0 Å². The van der Waals surface area contributed by atoms with E-state index in [4.69, 9.17) is 11.1 Å². The highest BCUT2D eigenvalue weighted by Gasteiger charge is 2.29. The zero-order chi connectivity index (χ0) is 8.41. The van der Waals surface area contributed by atoms with Gasteiger partial charge in [0.2, 0.25) is 0 Å². The van der Waals surface area contributed by atoms with Gasteiger partial charge in [0, 0.05) is 0 Å². The van der Waals surface area contributed by atoms with Crippen molar-refractivity contribution >= 4 is 49.1 Å². The zero-order valence-electron chi connectivity index (χ0n) is 7.17. The summed E-state index contributed by atoms with van der Waals surface area (Å²) in [5, 5.41) is 0. The lowest BCUT2D eigenvalue weighted by atomic mass is 11.7. The standard InChI is InChI=1S/C6H16ClISi2/c1-9(2,5-8)6-10(3,4)7/h5-6H2,1-4H3. The summed E-state index contributed by atoms with van der Waals surface area (Å²) >= 11 is 8.76. The molecule has 0 bridgehead atoms. The van der Waals surface area contributed by atoms with Crippen molar-refractivity contribution in [2.24, 2.45) is 0 Å². The van der Waals surface area contributed by atoms with Crippen molar-refractivity contribution in [2.75, 3.05) is 4.05 Å². The highest BCUT2D eigenvalue weighted by molar-refractivity contribution is 14.1. The predicted octanol–water partition coefficient (Wildman–Crippen LogP) is 3.65. The molecule has 0 radical (unpaired) electrons. The van der Waals surface area contributed by atoms with Gasteiger partial charge in [0.1, 0.15) is 7.38 Å². The van der Waals surface area contributed by atoms with Gasteiger partial charge in [-0.2, -0.15) is 11.1 Å². The van der Waals surface area contributed by atoms with Crippen LogP contribution in [-0.2, 0) is 0 Å². The molecule has 0 spiro atoms. The number of alkyl halides is 1. The van der Waals surface area contributed by atoms with Crippen LogP contribution < -0.4 is 0 Å². The summed E-state index contributed by atoms with van der Waals surface area (Å²) in [5.41, 5.74) is 1.35. The Bertz CT molecular complexity index is 109. The van der Waals surface area contributed by atoms with Crippen LogP contribution in [0.15, 0.2) is 0 Å². The summed E-state index contributed by atoms with van der Waals surface area (Å²) in [6.45, 7) is 9.35. The van der Waals surface area contributed by atoms with E-state index in [1.54, 1.807) is 0 Å². The Morgan fingerprint density at radius 3 is 1.70 bits per heavy atom. The van der Waals surface area contributed by atoms with E-state index in [2.05, 4.69) is 48.8 Å². The lowest BCUT2D eigenvalue weighted by Gasteiger charge is -2.25. The van der Waals surface area contributed by atoms with Gasteiger partial charge in [0.25, 0.3) is 0 Å². The highest BCUT2D eigenvalue weighted by Crippen LogP contribution is 2.23. The number of rotatable bonds is 3. The lowest BCUT2D eigenvalue weighted by Crippen LogP contribution is -2.37. The molecule has 62 valence electrons. The minimum absolute atomic E-state index is 0.896. The van der Waals surface area contributed by atoms with Gasteiger partial charge < -0.3 is 0 Å². The molecule has 0 aliphatic heterocycles. The Labute approximate surface area is 84.6 Å². The maximum Gasteiger partial charge on any atom is 0.147 e. The summed E-state index contributed by atoms with van der Waals surface area (Å²) in [5.74, 6) is 0. The second kappa shape index (κ2) is 3.91. The molecule has 0 heterocycles. The average Bonchev–Trinajstić information content (AvgIpc) is 1.60. The molecule has 10 heavy (non-hydrogen) atoms. The molecule has 0 N–H and O–H groups in total. The van der Waals surface area contributed by atoms with Crippen LogP contribution in [0.1, 0.15) is 0 Å². The Morgan fingerprint density at radius 1 is 1.20 bits per heavy atom. The van der Waals surface area contributed by atoms with E-state index in [9.17, 15) is 0 Å². The zero-order valence-corrected chi connectivity index (χ0v) is 12.1. The first-order valence-electron chi connectivity index (χ1n) is 3.52. The summed E-state index contributed by atoms with van der Waals surface area (Å²) in [7, 11) is -2.18. The Morgan fingerprint density at radius 2 is 1.60 bits per heavy atom. The Hall–Kier alpha value is 1.45. The van der Waals surface area contributed by atoms with Crippen LogP contribution in [0.4, 0.5) is 0 Å². The molecule has 0 unspecified atom stereocenters. The normalized spacial score (nSPS) is 13.8. The van der Waals surface area contributed by atoms with Crippen LogP contribution in [0.3, 0.4) is 0 Å². The highest BCUT2D eigenvalue weighted by atomic mass is 127. The topological polar surface area (TPSA) is 0 Å². The Kier molecular flexibility index (Phi) is 4.48. The van der Waals surface area contributed by atoms with E-state index in [0.717, 1.165) is 0 Å². The van der Waals surface area contributed by atoms with Crippen molar-refractivity contribution in [3.8, 4) is 0 Å². The van der Waals surface area contributed by atoms with Crippen LogP contribution in [0, 0.1) is 0 Å². The third-order valence-corrected chi connectivity index (χ3v) is 16.6. The molecule has 0 aromatic carbocycles. The third-order valence-electron chi connectivity index (χ3n) is 1.26. The maximum atomic E-state index is 6.27. The SMILES string of the molecule is C[Si](C)(Cl)C[Si](C)(C)CI. The van der Waals surface area contributed by atoms with Crippen molar-refractivity contribution in [3.63, 3.8) is 0 Å². The molecule has 0 aromatic rings. The molecule has 0 fully saturated rings. The summed E-state index contributed by atoms with van der Waals surface area (Å²) in [4.78, 5) is 0.